The molecule has 0 saturated carbocycles. The molecule has 0 heterocycles. The number of alkyl halides is 3. The van der Waals surface area contributed by atoms with Crippen molar-refractivity contribution in [2.45, 2.75) is 6.18 Å². The maximum absolute atomic E-state index is 12.3. The van der Waals surface area contributed by atoms with E-state index in [1.807, 2.05) is 0 Å². The van der Waals surface area contributed by atoms with Crippen LogP contribution < -0.4 is 0 Å². The molecule has 0 aliphatic carbocycles. The first-order valence-corrected chi connectivity index (χ1v) is 4.23. The molecule has 0 atom stereocenters. The first kappa shape index (κ1) is 12.1. The minimum atomic E-state index is -4.38. The van der Waals surface area contributed by atoms with E-state index < -0.39 is 11.7 Å². The topological polar surface area (TPSA) is 21.6 Å². The maximum atomic E-state index is 12.3. The Morgan fingerprint density at radius 1 is 1.38 bits per heavy atom. The molecule has 2 nitrogen and oxygen atoms in total. The molecule has 83 valence electrons. The Balaban J connectivity index is 2.76. The minimum absolute atomic E-state index is 0.0496. The summed E-state index contributed by atoms with van der Waals surface area (Å²) in [6, 6.07) is 4.58. The van der Waals surface area contributed by atoms with Crippen LogP contribution in [0.4, 0.5) is 13.2 Å². The van der Waals surface area contributed by atoms with Crippen LogP contribution in [0.3, 0.4) is 0 Å². The third kappa shape index (κ3) is 3.65. The number of nitrogens with zero attached hydrogens (tertiary/aromatic N) is 1. The number of hydrogen-bond acceptors (Lipinski definition) is 2. The van der Waals surface area contributed by atoms with Gasteiger partial charge in [0.1, 0.15) is 6.21 Å². The third-order valence-electron chi connectivity index (χ3n) is 1.58. The molecule has 5 heteroatoms. The summed E-state index contributed by atoms with van der Waals surface area (Å²) in [6.45, 7) is -0.0496. The van der Waals surface area contributed by atoms with Crippen molar-refractivity contribution < 1.29 is 18.0 Å². The van der Waals surface area contributed by atoms with E-state index in [0.717, 1.165) is 12.1 Å². The van der Waals surface area contributed by atoms with Gasteiger partial charge in [0, 0.05) is 5.56 Å². The van der Waals surface area contributed by atoms with E-state index in [2.05, 4.69) is 22.1 Å². The van der Waals surface area contributed by atoms with Crippen molar-refractivity contribution in [3.8, 4) is 12.3 Å². The van der Waals surface area contributed by atoms with Gasteiger partial charge in [0.15, 0.2) is 6.61 Å². The molecule has 1 radical (unpaired) electrons. The van der Waals surface area contributed by atoms with Gasteiger partial charge in [0.25, 0.3) is 0 Å². The third-order valence-corrected chi connectivity index (χ3v) is 1.58. The van der Waals surface area contributed by atoms with E-state index in [-0.39, 0.29) is 12.2 Å². The normalized spacial score (nSPS) is 11.4. The van der Waals surface area contributed by atoms with Crippen LogP contribution in [-0.2, 0) is 11.0 Å². The molecule has 1 rings (SSSR count). The van der Waals surface area contributed by atoms with Crippen LogP contribution in [0.2, 0.25) is 0 Å². The molecule has 0 aliphatic heterocycles. The Hall–Kier alpha value is -1.96. The molecule has 1 aromatic carbocycles. The van der Waals surface area contributed by atoms with Gasteiger partial charge in [-0.3, -0.25) is 0 Å². The zero-order chi connectivity index (χ0) is 12.0. The van der Waals surface area contributed by atoms with Crippen LogP contribution in [0.5, 0.6) is 0 Å². The summed E-state index contributed by atoms with van der Waals surface area (Å²) in [5.41, 5.74) is -0.587. The second-order valence-electron chi connectivity index (χ2n) is 2.76. The monoisotopic (exact) mass is 226 g/mol. The number of benzene rings is 1. The Bertz CT molecular complexity index is 418. The summed E-state index contributed by atoms with van der Waals surface area (Å²) >= 11 is 0. The SMILES string of the molecule is C#CCON=[C]c1cccc(C(F)(F)F)c1. The summed E-state index contributed by atoms with van der Waals surface area (Å²) in [5, 5.41) is 3.29. The number of rotatable bonds is 3. The highest BCUT2D eigenvalue weighted by Crippen LogP contribution is 2.29. The van der Waals surface area contributed by atoms with E-state index in [1.165, 1.54) is 12.1 Å². The van der Waals surface area contributed by atoms with Crippen molar-refractivity contribution in [1.82, 2.24) is 0 Å². The summed E-state index contributed by atoms with van der Waals surface area (Å²) < 4.78 is 36.9. The van der Waals surface area contributed by atoms with Gasteiger partial charge in [-0.05, 0) is 12.1 Å². The largest absolute Gasteiger partial charge is 0.416 e. The Labute approximate surface area is 90.7 Å². The highest BCUT2D eigenvalue weighted by molar-refractivity contribution is 5.79. The second-order valence-corrected chi connectivity index (χ2v) is 2.76. The van der Waals surface area contributed by atoms with E-state index in [9.17, 15) is 13.2 Å². The Morgan fingerprint density at radius 2 is 2.12 bits per heavy atom. The van der Waals surface area contributed by atoms with Crippen LogP contribution in [-0.4, -0.2) is 12.8 Å². The van der Waals surface area contributed by atoms with Gasteiger partial charge in [-0.15, -0.1) is 6.42 Å². The van der Waals surface area contributed by atoms with Crippen LogP contribution in [0.15, 0.2) is 29.4 Å². The van der Waals surface area contributed by atoms with Crippen LogP contribution in [0.25, 0.3) is 0 Å². The first-order chi connectivity index (χ1) is 7.54. The van der Waals surface area contributed by atoms with E-state index in [0.29, 0.717) is 0 Å². The summed E-state index contributed by atoms with van der Waals surface area (Å²) in [7, 11) is 0. The summed E-state index contributed by atoms with van der Waals surface area (Å²) in [5.74, 6) is 2.15. The predicted molar refractivity (Wildman–Crippen MR) is 52.8 cm³/mol. The van der Waals surface area contributed by atoms with Gasteiger partial charge in [0.2, 0.25) is 0 Å². The molecular weight excluding hydrogens is 219 g/mol. The average molecular weight is 226 g/mol. The lowest BCUT2D eigenvalue weighted by Gasteiger charge is -2.05. The molecule has 1 aromatic rings. The lowest BCUT2D eigenvalue weighted by molar-refractivity contribution is -0.137. The van der Waals surface area contributed by atoms with Crippen molar-refractivity contribution >= 4 is 6.21 Å². The van der Waals surface area contributed by atoms with Crippen LogP contribution >= 0.6 is 0 Å². The Kier molecular flexibility index (Phi) is 3.95. The molecule has 0 amide bonds. The van der Waals surface area contributed by atoms with Gasteiger partial charge >= 0.3 is 6.18 Å². The molecule has 0 bridgehead atoms. The molecule has 0 spiro atoms. The number of halogens is 3. The van der Waals surface area contributed by atoms with Crippen LogP contribution in [0, 0.1) is 12.3 Å². The van der Waals surface area contributed by atoms with E-state index >= 15 is 0 Å². The molecule has 0 aliphatic rings. The van der Waals surface area contributed by atoms with Gasteiger partial charge in [-0.1, -0.05) is 23.2 Å². The van der Waals surface area contributed by atoms with Gasteiger partial charge in [0.05, 0.1) is 5.56 Å². The molecule has 0 saturated heterocycles. The highest BCUT2D eigenvalue weighted by Gasteiger charge is 2.30. The van der Waals surface area contributed by atoms with Crippen molar-refractivity contribution in [3.63, 3.8) is 0 Å². The molecule has 16 heavy (non-hydrogen) atoms. The predicted octanol–water partition coefficient (Wildman–Crippen LogP) is 2.57. The fraction of sp³-hybridized carbons (Fsp3) is 0.182. The van der Waals surface area contributed by atoms with Crippen molar-refractivity contribution in [3.05, 3.63) is 35.4 Å². The quantitative estimate of drug-likeness (QED) is 0.336. The standard InChI is InChI=1S/C11H7F3NO/c1-2-6-16-15-8-9-4-3-5-10(7-9)11(12,13)14/h1,3-5,7H,6H2. The summed E-state index contributed by atoms with van der Waals surface area (Å²) in [4.78, 5) is 4.51. The van der Waals surface area contributed by atoms with Gasteiger partial charge < -0.3 is 4.84 Å². The fourth-order valence-electron chi connectivity index (χ4n) is 0.920. The maximum Gasteiger partial charge on any atom is 0.416 e. The second kappa shape index (κ2) is 5.21. The highest BCUT2D eigenvalue weighted by atomic mass is 19.4. The smallest absolute Gasteiger partial charge is 0.382 e. The van der Waals surface area contributed by atoms with Crippen molar-refractivity contribution in [2.75, 3.05) is 6.61 Å². The molecular formula is C11H7F3NO. The van der Waals surface area contributed by atoms with E-state index in [1.54, 1.807) is 0 Å². The lowest BCUT2D eigenvalue weighted by Crippen LogP contribution is -2.05. The fourth-order valence-corrected chi connectivity index (χ4v) is 0.920. The number of terminal acetylenes is 1. The van der Waals surface area contributed by atoms with Crippen LogP contribution in [0.1, 0.15) is 11.1 Å². The first-order valence-electron chi connectivity index (χ1n) is 4.23. The van der Waals surface area contributed by atoms with Crippen molar-refractivity contribution in [2.24, 2.45) is 5.16 Å². The zero-order valence-corrected chi connectivity index (χ0v) is 8.08. The molecule has 0 fully saturated rings. The van der Waals surface area contributed by atoms with Gasteiger partial charge in [-0.2, -0.15) is 13.2 Å². The zero-order valence-electron chi connectivity index (χ0n) is 8.08. The Morgan fingerprint density at radius 3 is 2.75 bits per heavy atom. The van der Waals surface area contributed by atoms with Gasteiger partial charge in [-0.25, -0.2) is 0 Å². The lowest BCUT2D eigenvalue weighted by atomic mass is 10.1. The summed E-state index contributed by atoms with van der Waals surface area (Å²) in [6.07, 6.45) is 2.80. The molecule has 0 N–H and O–H groups in total. The average Bonchev–Trinajstić information content (AvgIpc) is 2.24. The number of hydrogen-bond donors (Lipinski definition) is 0. The molecule has 0 aromatic heterocycles. The van der Waals surface area contributed by atoms with E-state index in [4.69, 9.17) is 6.42 Å². The minimum Gasteiger partial charge on any atom is -0.382 e. The molecule has 0 unspecified atom stereocenters. The van der Waals surface area contributed by atoms with Crippen molar-refractivity contribution in [1.29, 1.82) is 0 Å².